The molecule has 0 aromatic rings. The second-order valence-corrected chi connectivity index (χ2v) is 2.58. The quantitative estimate of drug-likeness (QED) is 0.579. The molecule has 2 nitrogen and oxygen atoms in total. The summed E-state index contributed by atoms with van der Waals surface area (Å²) >= 11 is 0. The molecule has 0 aromatic carbocycles. The van der Waals surface area contributed by atoms with Gasteiger partial charge in [-0.05, 0) is 27.4 Å². The molecule has 0 saturated heterocycles. The molecule has 0 aliphatic carbocycles. The van der Waals surface area contributed by atoms with Crippen molar-refractivity contribution in [3.05, 3.63) is 0 Å². The monoisotopic (exact) mass is 145 g/mol. The Hall–Kier alpha value is -0.0800. The fourth-order valence-corrected chi connectivity index (χ4v) is 0.727. The zero-order valence-electron chi connectivity index (χ0n) is 7.55. The number of ether oxygens (including phenoxy) is 1. The highest BCUT2D eigenvalue weighted by Crippen LogP contribution is 1.94. The SMILES string of the molecule is CCOCC(C)N(C)CC. The third-order valence-corrected chi connectivity index (χ3v) is 1.81. The van der Waals surface area contributed by atoms with Crippen LogP contribution in [0, 0.1) is 0 Å². The second-order valence-electron chi connectivity index (χ2n) is 2.58. The Morgan fingerprint density at radius 1 is 1.40 bits per heavy atom. The predicted molar refractivity (Wildman–Crippen MR) is 44.3 cm³/mol. The van der Waals surface area contributed by atoms with Crippen molar-refractivity contribution in [3.63, 3.8) is 0 Å². The summed E-state index contributed by atoms with van der Waals surface area (Å²) in [6, 6.07) is 0.546. The molecule has 1 unspecified atom stereocenters. The van der Waals surface area contributed by atoms with E-state index in [0.29, 0.717) is 6.04 Å². The lowest BCUT2D eigenvalue weighted by atomic mass is 10.3. The zero-order valence-corrected chi connectivity index (χ0v) is 7.55. The Kier molecular flexibility index (Phi) is 5.64. The maximum absolute atomic E-state index is 5.28. The number of hydrogen-bond donors (Lipinski definition) is 0. The van der Waals surface area contributed by atoms with Crippen LogP contribution in [0.25, 0.3) is 0 Å². The van der Waals surface area contributed by atoms with E-state index >= 15 is 0 Å². The maximum Gasteiger partial charge on any atom is 0.0618 e. The molecule has 2 heteroatoms. The van der Waals surface area contributed by atoms with Crippen LogP contribution in [0.4, 0.5) is 0 Å². The van der Waals surface area contributed by atoms with E-state index in [1.54, 1.807) is 0 Å². The van der Waals surface area contributed by atoms with Gasteiger partial charge in [0, 0.05) is 12.6 Å². The van der Waals surface area contributed by atoms with Crippen LogP contribution in [0.15, 0.2) is 0 Å². The van der Waals surface area contributed by atoms with Crippen LogP contribution in [0.3, 0.4) is 0 Å². The summed E-state index contributed by atoms with van der Waals surface area (Å²) in [5.41, 5.74) is 0. The molecule has 10 heavy (non-hydrogen) atoms. The molecular formula is C8H19NO. The van der Waals surface area contributed by atoms with E-state index in [1.165, 1.54) is 0 Å². The van der Waals surface area contributed by atoms with Gasteiger partial charge in [-0.2, -0.15) is 0 Å². The fourth-order valence-electron chi connectivity index (χ4n) is 0.727. The molecule has 0 N–H and O–H groups in total. The van der Waals surface area contributed by atoms with Gasteiger partial charge in [-0.1, -0.05) is 6.92 Å². The van der Waals surface area contributed by atoms with Crippen molar-refractivity contribution in [1.29, 1.82) is 0 Å². The van der Waals surface area contributed by atoms with Gasteiger partial charge < -0.3 is 9.64 Å². The third kappa shape index (κ3) is 3.85. The lowest BCUT2D eigenvalue weighted by Crippen LogP contribution is -2.32. The summed E-state index contributed by atoms with van der Waals surface area (Å²) in [5, 5.41) is 0. The molecule has 0 bridgehead atoms. The molecule has 0 saturated carbocycles. The van der Waals surface area contributed by atoms with Crippen LogP contribution in [0.2, 0.25) is 0 Å². The van der Waals surface area contributed by atoms with Crippen molar-refractivity contribution in [2.24, 2.45) is 0 Å². The van der Waals surface area contributed by atoms with E-state index in [2.05, 4.69) is 25.8 Å². The molecule has 0 radical (unpaired) electrons. The average Bonchev–Trinajstić information content (AvgIpc) is 1.98. The van der Waals surface area contributed by atoms with Crippen molar-refractivity contribution in [2.75, 3.05) is 26.8 Å². The van der Waals surface area contributed by atoms with Gasteiger partial charge in [0.1, 0.15) is 0 Å². The van der Waals surface area contributed by atoms with Crippen LogP contribution in [-0.2, 0) is 4.74 Å². The molecule has 0 aliphatic heterocycles. The largest absolute Gasteiger partial charge is 0.380 e. The van der Waals surface area contributed by atoms with Crippen molar-refractivity contribution >= 4 is 0 Å². The minimum absolute atomic E-state index is 0.546. The van der Waals surface area contributed by atoms with Crippen LogP contribution < -0.4 is 0 Å². The van der Waals surface area contributed by atoms with Crippen molar-refractivity contribution in [3.8, 4) is 0 Å². The summed E-state index contributed by atoms with van der Waals surface area (Å²) in [4.78, 5) is 2.27. The third-order valence-electron chi connectivity index (χ3n) is 1.81. The summed E-state index contributed by atoms with van der Waals surface area (Å²) in [6.07, 6.45) is 0. The first-order chi connectivity index (χ1) is 4.72. The van der Waals surface area contributed by atoms with Crippen molar-refractivity contribution in [1.82, 2.24) is 4.90 Å². The Morgan fingerprint density at radius 2 is 2.00 bits per heavy atom. The van der Waals surface area contributed by atoms with E-state index < -0.39 is 0 Å². The summed E-state index contributed by atoms with van der Waals surface area (Å²) in [5.74, 6) is 0. The van der Waals surface area contributed by atoms with Crippen LogP contribution in [-0.4, -0.2) is 37.7 Å². The smallest absolute Gasteiger partial charge is 0.0618 e. The van der Waals surface area contributed by atoms with Gasteiger partial charge in [-0.3, -0.25) is 0 Å². The molecule has 0 aromatic heterocycles. The maximum atomic E-state index is 5.28. The first kappa shape index (κ1) is 9.92. The Balaban J connectivity index is 3.31. The molecule has 0 heterocycles. The molecule has 0 spiro atoms. The van der Waals surface area contributed by atoms with Gasteiger partial charge in [0.2, 0.25) is 0 Å². The minimum atomic E-state index is 0.546. The van der Waals surface area contributed by atoms with Gasteiger partial charge in [-0.25, -0.2) is 0 Å². The normalized spacial score (nSPS) is 14.1. The molecule has 0 rings (SSSR count). The standard InChI is InChI=1S/C8H19NO/c1-5-9(4)8(3)7-10-6-2/h8H,5-7H2,1-4H3. The number of hydrogen-bond acceptors (Lipinski definition) is 2. The van der Waals surface area contributed by atoms with Gasteiger partial charge in [0.05, 0.1) is 6.61 Å². The number of rotatable bonds is 5. The molecular weight excluding hydrogens is 126 g/mol. The predicted octanol–water partition coefficient (Wildman–Crippen LogP) is 1.36. The average molecular weight is 145 g/mol. The van der Waals surface area contributed by atoms with E-state index in [9.17, 15) is 0 Å². The second kappa shape index (κ2) is 5.69. The summed E-state index contributed by atoms with van der Waals surface area (Å²) < 4.78 is 5.28. The Labute approximate surface area is 64.2 Å². The highest BCUT2D eigenvalue weighted by Gasteiger charge is 2.04. The highest BCUT2D eigenvalue weighted by atomic mass is 16.5. The van der Waals surface area contributed by atoms with Gasteiger partial charge in [0.15, 0.2) is 0 Å². The Morgan fingerprint density at radius 3 is 2.40 bits per heavy atom. The topological polar surface area (TPSA) is 12.5 Å². The van der Waals surface area contributed by atoms with E-state index in [1.807, 2.05) is 6.92 Å². The molecule has 0 aliphatic rings. The first-order valence-corrected chi connectivity index (χ1v) is 4.00. The van der Waals surface area contributed by atoms with Crippen molar-refractivity contribution < 1.29 is 4.74 Å². The highest BCUT2D eigenvalue weighted by molar-refractivity contribution is 4.59. The number of likely N-dealkylation sites (N-methyl/N-ethyl adjacent to an activating group) is 1. The molecule has 1 atom stereocenters. The van der Waals surface area contributed by atoms with Crippen LogP contribution in [0.1, 0.15) is 20.8 Å². The summed E-state index contributed by atoms with van der Waals surface area (Å²) in [6.45, 7) is 9.12. The van der Waals surface area contributed by atoms with Gasteiger partial charge in [0.25, 0.3) is 0 Å². The van der Waals surface area contributed by atoms with Gasteiger partial charge >= 0.3 is 0 Å². The molecule has 0 amide bonds. The number of nitrogens with zero attached hydrogens (tertiary/aromatic N) is 1. The lowest BCUT2D eigenvalue weighted by molar-refractivity contribution is 0.0874. The molecule has 62 valence electrons. The minimum Gasteiger partial charge on any atom is -0.380 e. The van der Waals surface area contributed by atoms with E-state index in [4.69, 9.17) is 4.74 Å². The fraction of sp³-hybridized carbons (Fsp3) is 1.00. The first-order valence-electron chi connectivity index (χ1n) is 4.00. The zero-order chi connectivity index (χ0) is 7.98. The Bertz CT molecular complexity index is 75.7. The van der Waals surface area contributed by atoms with Gasteiger partial charge in [-0.15, -0.1) is 0 Å². The summed E-state index contributed by atoms with van der Waals surface area (Å²) in [7, 11) is 2.11. The molecule has 0 fully saturated rings. The van der Waals surface area contributed by atoms with Crippen molar-refractivity contribution in [2.45, 2.75) is 26.8 Å². The van der Waals surface area contributed by atoms with E-state index in [-0.39, 0.29) is 0 Å². The van der Waals surface area contributed by atoms with E-state index in [0.717, 1.165) is 19.8 Å². The van der Waals surface area contributed by atoms with Crippen LogP contribution >= 0.6 is 0 Å². The van der Waals surface area contributed by atoms with Crippen LogP contribution in [0.5, 0.6) is 0 Å². The lowest BCUT2D eigenvalue weighted by Gasteiger charge is -2.22.